The summed E-state index contributed by atoms with van der Waals surface area (Å²) in [6.07, 6.45) is 5.04. The second-order valence-corrected chi connectivity index (χ2v) is 8.70. The van der Waals surface area contributed by atoms with E-state index in [9.17, 15) is 9.59 Å². The molecule has 190 valence electrons. The van der Waals surface area contributed by atoms with Crippen LogP contribution in [0.5, 0.6) is 0 Å². The molecular weight excluding hydrogens is 462 g/mol. The number of carbonyl (C=O) groups excluding carboxylic acids is 2. The van der Waals surface area contributed by atoms with Gasteiger partial charge in [0.05, 0.1) is 13.2 Å². The highest BCUT2D eigenvalue weighted by atomic mass is 16.6. The van der Waals surface area contributed by atoms with E-state index in [1.165, 1.54) is 0 Å². The van der Waals surface area contributed by atoms with Crippen LogP contribution in [0.15, 0.2) is 48.5 Å². The van der Waals surface area contributed by atoms with Crippen LogP contribution >= 0.6 is 0 Å². The summed E-state index contributed by atoms with van der Waals surface area (Å²) in [7, 11) is 3.47. The van der Waals surface area contributed by atoms with Gasteiger partial charge in [-0.05, 0) is 69.9 Å². The van der Waals surface area contributed by atoms with Gasteiger partial charge in [-0.2, -0.15) is 0 Å². The van der Waals surface area contributed by atoms with Crippen LogP contribution in [0, 0.1) is 12.8 Å². The lowest BCUT2D eigenvalue weighted by Gasteiger charge is -2.39. The number of nitrogens with one attached hydrogen (secondary N) is 3. The molecule has 4 N–H and O–H groups in total. The lowest BCUT2D eigenvalue weighted by molar-refractivity contribution is -0.163. The summed E-state index contributed by atoms with van der Waals surface area (Å²) < 4.78 is 11.6. The number of hydrogen-bond acceptors (Lipinski definition) is 9. The molecule has 36 heavy (non-hydrogen) atoms. The van der Waals surface area contributed by atoms with Crippen LogP contribution in [-0.2, 0) is 19.1 Å². The number of pyridine rings is 1. The lowest BCUT2D eigenvalue weighted by Crippen LogP contribution is -2.58. The standard InChI is InChI=1S/C26H31N5O5/c1-5-35-25(34)22-23(33)21(14-17-15-29-24-19(17)7-6-10-28-24)36-26(22,31(3)4)30-20-9-8-18(13-16(20)2)27-11-12-32/h6-10,13-15,22,27,30,32H,5,11-12H2,1-4H3,(H,28,29). The molecular formula is C26H31N5O5. The first-order valence-corrected chi connectivity index (χ1v) is 11.8. The summed E-state index contributed by atoms with van der Waals surface area (Å²) in [4.78, 5) is 35.8. The molecule has 0 radical (unpaired) electrons. The SMILES string of the molecule is CCOC(=O)C1C(=O)C(=Cc2c[nH]c3ncccc23)OC1(Nc1ccc(NCCO)cc1C)N(C)C. The summed E-state index contributed by atoms with van der Waals surface area (Å²) in [5.41, 5.74) is 3.77. The van der Waals surface area contributed by atoms with E-state index in [1.54, 1.807) is 44.4 Å². The molecule has 0 spiro atoms. The fraction of sp³-hybridized carbons (Fsp3) is 0.346. The fourth-order valence-electron chi connectivity index (χ4n) is 4.29. The Labute approximate surface area is 209 Å². The average Bonchev–Trinajstić information content (AvgIpc) is 3.39. The van der Waals surface area contributed by atoms with Gasteiger partial charge in [0.2, 0.25) is 5.78 Å². The van der Waals surface area contributed by atoms with E-state index in [2.05, 4.69) is 20.6 Å². The molecule has 4 rings (SSSR count). The molecule has 1 saturated heterocycles. The van der Waals surface area contributed by atoms with Crippen LogP contribution in [0.3, 0.4) is 0 Å². The van der Waals surface area contributed by atoms with E-state index in [-0.39, 0.29) is 19.0 Å². The van der Waals surface area contributed by atoms with Crippen molar-refractivity contribution in [2.75, 3.05) is 44.5 Å². The predicted molar refractivity (Wildman–Crippen MR) is 137 cm³/mol. The molecule has 1 aliphatic rings. The molecule has 1 aliphatic heterocycles. The van der Waals surface area contributed by atoms with Crippen molar-refractivity contribution in [2.45, 2.75) is 19.7 Å². The number of H-pyrrole nitrogens is 1. The van der Waals surface area contributed by atoms with Gasteiger partial charge >= 0.3 is 5.97 Å². The van der Waals surface area contributed by atoms with Gasteiger partial charge in [-0.15, -0.1) is 0 Å². The van der Waals surface area contributed by atoms with Crippen molar-refractivity contribution in [1.82, 2.24) is 14.9 Å². The van der Waals surface area contributed by atoms with E-state index < -0.39 is 23.5 Å². The molecule has 2 unspecified atom stereocenters. The number of aromatic nitrogens is 2. The molecule has 0 bridgehead atoms. The van der Waals surface area contributed by atoms with Crippen molar-refractivity contribution in [1.29, 1.82) is 0 Å². The number of aliphatic hydroxyl groups is 1. The minimum absolute atomic E-state index is 0.0154. The number of ketones is 1. The Morgan fingerprint density at radius 2 is 2.17 bits per heavy atom. The Hall–Kier alpha value is -3.89. The second-order valence-electron chi connectivity index (χ2n) is 8.70. The summed E-state index contributed by atoms with van der Waals surface area (Å²) in [6.45, 7) is 4.17. The maximum atomic E-state index is 13.6. The molecule has 0 amide bonds. The minimum Gasteiger partial charge on any atom is -0.465 e. The van der Waals surface area contributed by atoms with Crippen LogP contribution in [0.4, 0.5) is 11.4 Å². The number of aliphatic hydroxyl groups excluding tert-OH is 1. The molecule has 0 saturated carbocycles. The molecule has 1 fully saturated rings. The highest BCUT2D eigenvalue weighted by Crippen LogP contribution is 2.41. The van der Waals surface area contributed by atoms with Crippen LogP contribution in [0.1, 0.15) is 18.1 Å². The fourth-order valence-corrected chi connectivity index (χ4v) is 4.29. The number of aryl methyl sites for hydroxylation is 1. The number of benzene rings is 1. The normalized spacial score (nSPS) is 20.7. The second kappa shape index (κ2) is 10.4. The number of rotatable bonds is 9. The number of nitrogens with zero attached hydrogens (tertiary/aromatic N) is 2. The summed E-state index contributed by atoms with van der Waals surface area (Å²) >= 11 is 0. The summed E-state index contributed by atoms with van der Waals surface area (Å²) in [6, 6.07) is 9.29. The number of carbonyl (C=O) groups is 2. The number of ether oxygens (including phenoxy) is 2. The zero-order valence-corrected chi connectivity index (χ0v) is 20.8. The van der Waals surface area contributed by atoms with Crippen molar-refractivity contribution >= 4 is 40.2 Å². The largest absolute Gasteiger partial charge is 0.465 e. The highest BCUT2D eigenvalue weighted by molar-refractivity contribution is 6.13. The summed E-state index contributed by atoms with van der Waals surface area (Å²) in [5.74, 6) is -3.91. The molecule has 3 heterocycles. The van der Waals surface area contributed by atoms with Crippen molar-refractivity contribution < 1.29 is 24.2 Å². The number of esters is 1. The Morgan fingerprint density at radius 3 is 2.86 bits per heavy atom. The number of Topliss-reactive ketones (excluding diaryl/α,β-unsaturated/α-hetero) is 1. The number of fused-ring (bicyclic) bond motifs is 1. The maximum absolute atomic E-state index is 13.6. The smallest absolute Gasteiger partial charge is 0.324 e. The van der Waals surface area contributed by atoms with E-state index >= 15 is 0 Å². The van der Waals surface area contributed by atoms with Gasteiger partial charge in [0.1, 0.15) is 5.65 Å². The van der Waals surface area contributed by atoms with E-state index in [1.807, 2.05) is 37.3 Å². The first-order valence-electron chi connectivity index (χ1n) is 11.8. The monoisotopic (exact) mass is 493 g/mol. The number of anilines is 2. The van der Waals surface area contributed by atoms with Crippen LogP contribution < -0.4 is 10.6 Å². The summed E-state index contributed by atoms with van der Waals surface area (Å²) in [5, 5.41) is 16.3. The Morgan fingerprint density at radius 1 is 1.36 bits per heavy atom. The van der Waals surface area contributed by atoms with Crippen molar-refractivity contribution in [2.24, 2.45) is 5.92 Å². The Kier molecular flexibility index (Phi) is 7.27. The third-order valence-electron chi connectivity index (χ3n) is 6.10. The number of aromatic amines is 1. The quantitative estimate of drug-likeness (QED) is 0.154. The van der Waals surface area contributed by atoms with Crippen LogP contribution in [0.2, 0.25) is 0 Å². The van der Waals surface area contributed by atoms with E-state index in [0.717, 1.165) is 16.6 Å². The highest BCUT2D eigenvalue weighted by Gasteiger charge is 2.60. The topological polar surface area (TPSA) is 129 Å². The molecule has 2 atom stereocenters. The van der Waals surface area contributed by atoms with Crippen molar-refractivity contribution in [3.05, 3.63) is 59.6 Å². The van der Waals surface area contributed by atoms with Crippen molar-refractivity contribution in [3.8, 4) is 0 Å². The Balaban J connectivity index is 1.76. The van der Waals surface area contributed by atoms with Gasteiger partial charge in [0, 0.05) is 41.3 Å². The molecule has 2 aromatic heterocycles. The van der Waals surface area contributed by atoms with Crippen LogP contribution in [-0.4, -0.2) is 71.4 Å². The van der Waals surface area contributed by atoms with E-state index in [0.29, 0.717) is 23.4 Å². The number of hydrogen-bond donors (Lipinski definition) is 4. The van der Waals surface area contributed by atoms with E-state index in [4.69, 9.17) is 14.6 Å². The molecule has 10 nitrogen and oxygen atoms in total. The molecule has 1 aromatic carbocycles. The molecule has 3 aromatic rings. The van der Waals surface area contributed by atoms with Crippen LogP contribution in [0.25, 0.3) is 17.1 Å². The van der Waals surface area contributed by atoms with Gasteiger partial charge in [-0.25, -0.2) is 4.98 Å². The molecule has 10 heteroatoms. The van der Waals surface area contributed by atoms with Gasteiger partial charge in [0.25, 0.3) is 5.85 Å². The van der Waals surface area contributed by atoms with Gasteiger partial charge in [0.15, 0.2) is 11.7 Å². The predicted octanol–water partition coefficient (Wildman–Crippen LogP) is 2.72. The first kappa shape index (κ1) is 25.2. The number of allylic oxidation sites excluding steroid dienone is 1. The van der Waals surface area contributed by atoms with Gasteiger partial charge in [-0.3, -0.25) is 14.5 Å². The first-order chi connectivity index (χ1) is 17.3. The zero-order chi connectivity index (χ0) is 25.9. The third-order valence-corrected chi connectivity index (χ3v) is 6.10. The zero-order valence-electron chi connectivity index (χ0n) is 20.8. The molecule has 0 aliphatic carbocycles. The lowest BCUT2D eigenvalue weighted by atomic mass is 9.97. The maximum Gasteiger partial charge on any atom is 0.324 e. The minimum atomic E-state index is -1.52. The van der Waals surface area contributed by atoms with Gasteiger partial charge in [-0.1, -0.05) is 0 Å². The van der Waals surface area contributed by atoms with Gasteiger partial charge < -0.3 is 30.2 Å². The third kappa shape index (κ3) is 4.65. The van der Waals surface area contributed by atoms with Crippen molar-refractivity contribution in [3.63, 3.8) is 0 Å². The Bertz CT molecular complexity index is 1300. The average molecular weight is 494 g/mol.